The Morgan fingerprint density at radius 2 is 1.73 bits per heavy atom. The van der Waals surface area contributed by atoms with Crippen LogP contribution in [0, 0.1) is 11.6 Å². The number of methoxy groups -OCH3 is 1. The van der Waals surface area contributed by atoms with Crippen molar-refractivity contribution in [2.24, 2.45) is 7.05 Å². The van der Waals surface area contributed by atoms with Crippen molar-refractivity contribution >= 4 is 23.2 Å². The van der Waals surface area contributed by atoms with E-state index in [0.717, 1.165) is 33.6 Å². The molecule has 4 rings (SSSR count). The van der Waals surface area contributed by atoms with Crippen molar-refractivity contribution in [2.75, 3.05) is 19.0 Å². The van der Waals surface area contributed by atoms with Crippen LogP contribution in [0.25, 0.3) is 17.1 Å². The number of ether oxygens (including phenoxy) is 3. The molecule has 9 nitrogen and oxygen atoms in total. The van der Waals surface area contributed by atoms with Crippen molar-refractivity contribution in [3.05, 3.63) is 81.2 Å². The summed E-state index contributed by atoms with van der Waals surface area (Å²) in [5, 5.41) is 2.38. The third kappa shape index (κ3) is 5.59. The number of amides is 1. The summed E-state index contributed by atoms with van der Waals surface area (Å²) in [5.41, 5.74) is -2.48. The highest BCUT2D eigenvalue weighted by molar-refractivity contribution is 6.29. The van der Waals surface area contributed by atoms with E-state index < -0.39 is 41.0 Å². The summed E-state index contributed by atoms with van der Waals surface area (Å²) >= 11 is 6.08. The largest absolute Gasteiger partial charge is 0.497 e. The number of nitrogens with one attached hydrogen (secondary N) is 1. The Balaban J connectivity index is 1.92. The van der Waals surface area contributed by atoms with Crippen LogP contribution in [0.15, 0.2) is 53.3 Å². The van der Waals surface area contributed by atoms with Crippen LogP contribution in [0.1, 0.15) is 17.3 Å². The van der Waals surface area contributed by atoms with E-state index in [1.165, 1.54) is 38.4 Å². The molecule has 0 saturated carbocycles. The van der Waals surface area contributed by atoms with E-state index >= 15 is 8.78 Å². The van der Waals surface area contributed by atoms with Crippen molar-refractivity contribution in [2.45, 2.75) is 13.5 Å². The van der Waals surface area contributed by atoms with Crippen molar-refractivity contribution in [3.8, 4) is 34.3 Å². The Kier molecular flexibility index (Phi) is 8.33. The predicted molar refractivity (Wildman–Crippen MR) is 138 cm³/mol. The molecule has 2 aromatic carbocycles. The summed E-state index contributed by atoms with van der Waals surface area (Å²) in [6.45, 7) is -1.18. The van der Waals surface area contributed by atoms with Crippen LogP contribution >= 0.6 is 11.6 Å². The standard InChI is InChI=1S/C26H21ClF4N4O5/c1-4-39-18-9-10-19(27)32-23(18)35-25(37)21(33-24(36)13-5-7-14(8-6-13)40-26(30)31)22(34(35)2)20-16(28)11-15(38-3)12-17(20)29/h5-12,26H,4H2,1-3H3,(H,33,36). The molecule has 0 fully saturated rings. The summed E-state index contributed by atoms with van der Waals surface area (Å²) < 4.78 is 72.3. The minimum Gasteiger partial charge on any atom is -0.497 e. The number of hydrogen-bond donors (Lipinski definition) is 1. The first-order valence-corrected chi connectivity index (χ1v) is 11.9. The van der Waals surface area contributed by atoms with Gasteiger partial charge in [-0.2, -0.15) is 13.5 Å². The number of nitrogens with zero attached hydrogens (tertiary/aromatic N) is 3. The SMILES string of the molecule is CCOc1ccc(Cl)nc1-n1c(=O)c(NC(=O)c2ccc(OC(F)F)cc2)c(-c2c(F)cc(OC)cc2F)n1C. The van der Waals surface area contributed by atoms with Crippen LogP contribution in [-0.2, 0) is 7.05 Å². The van der Waals surface area contributed by atoms with Gasteiger partial charge in [-0.3, -0.25) is 14.3 Å². The number of rotatable bonds is 9. The molecule has 0 radical (unpaired) electrons. The van der Waals surface area contributed by atoms with Gasteiger partial charge >= 0.3 is 6.61 Å². The fourth-order valence-electron chi connectivity index (χ4n) is 3.94. The van der Waals surface area contributed by atoms with E-state index in [1.54, 1.807) is 6.92 Å². The van der Waals surface area contributed by atoms with E-state index in [0.29, 0.717) is 0 Å². The fraction of sp³-hybridized carbons (Fsp3) is 0.192. The first kappa shape index (κ1) is 28.5. The second-order valence-electron chi connectivity index (χ2n) is 8.08. The number of anilines is 1. The summed E-state index contributed by atoms with van der Waals surface area (Å²) in [6.07, 6.45) is 0. The van der Waals surface area contributed by atoms with Gasteiger partial charge in [-0.25, -0.2) is 13.8 Å². The van der Waals surface area contributed by atoms with E-state index in [9.17, 15) is 18.4 Å². The van der Waals surface area contributed by atoms with Crippen LogP contribution in [0.3, 0.4) is 0 Å². The maximum Gasteiger partial charge on any atom is 0.387 e. The molecule has 0 aliphatic rings. The first-order valence-electron chi connectivity index (χ1n) is 11.6. The van der Waals surface area contributed by atoms with E-state index in [2.05, 4.69) is 15.0 Å². The highest BCUT2D eigenvalue weighted by Gasteiger charge is 2.29. The lowest BCUT2D eigenvalue weighted by atomic mass is 10.1. The average molecular weight is 581 g/mol. The molecule has 0 aliphatic carbocycles. The maximum absolute atomic E-state index is 15.3. The van der Waals surface area contributed by atoms with Gasteiger partial charge in [-0.05, 0) is 43.3 Å². The van der Waals surface area contributed by atoms with Gasteiger partial charge in [0, 0.05) is 24.7 Å². The zero-order chi connectivity index (χ0) is 29.1. The fourth-order valence-corrected chi connectivity index (χ4v) is 4.09. The van der Waals surface area contributed by atoms with Crippen LogP contribution in [0.2, 0.25) is 5.15 Å². The van der Waals surface area contributed by atoms with E-state index in [-0.39, 0.29) is 46.1 Å². The van der Waals surface area contributed by atoms with E-state index in [1.807, 2.05) is 0 Å². The van der Waals surface area contributed by atoms with Gasteiger partial charge in [-0.15, -0.1) is 0 Å². The Labute approximate surface area is 229 Å². The molecule has 0 spiro atoms. The molecule has 2 aromatic heterocycles. The van der Waals surface area contributed by atoms with Crippen molar-refractivity contribution < 1.29 is 36.6 Å². The quantitative estimate of drug-likeness (QED) is 0.209. The van der Waals surface area contributed by atoms with Crippen LogP contribution < -0.4 is 25.1 Å². The molecule has 14 heteroatoms. The lowest BCUT2D eigenvalue weighted by Crippen LogP contribution is -2.24. The molecular formula is C26H21ClF4N4O5. The molecule has 0 unspecified atom stereocenters. The van der Waals surface area contributed by atoms with Gasteiger partial charge in [0.1, 0.15) is 39.7 Å². The number of carbonyl (C=O) groups is 1. The summed E-state index contributed by atoms with van der Waals surface area (Å²) in [4.78, 5) is 31.0. The smallest absolute Gasteiger partial charge is 0.387 e. The summed E-state index contributed by atoms with van der Waals surface area (Å²) in [7, 11) is 2.55. The second-order valence-corrected chi connectivity index (χ2v) is 8.46. The average Bonchev–Trinajstić information content (AvgIpc) is 3.13. The Hall–Kier alpha value is -4.52. The molecule has 2 heterocycles. The van der Waals surface area contributed by atoms with Crippen molar-refractivity contribution in [1.82, 2.24) is 14.3 Å². The normalized spacial score (nSPS) is 11.0. The second kappa shape index (κ2) is 11.7. The number of pyridine rings is 1. The molecule has 0 saturated heterocycles. The van der Waals surface area contributed by atoms with Gasteiger partial charge < -0.3 is 19.5 Å². The minimum atomic E-state index is -3.07. The summed E-state index contributed by atoms with van der Waals surface area (Å²) in [6, 6.07) is 9.31. The van der Waals surface area contributed by atoms with Crippen LogP contribution in [0.4, 0.5) is 23.2 Å². The van der Waals surface area contributed by atoms with Gasteiger partial charge in [0.25, 0.3) is 11.5 Å². The van der Waals surface area contributed by atoms with E-state index in [4.69, 9.17) is 21.1 Å². The van der Waals surface area contributed by atoms with Crippen LogP contribution in [-0.4, -0.2) is 40.6 Å². The molecule has 0 aliphatic heterocycles. The molecule has 1 N–H and O–H groups in total. The third-order valence-electron chi connectivity index (χ3n) is 5.64. The molecule has 0 atom stereocenters. The highest BCUT2D eigenvalue weighted by Crippen LogP contribution is 2.35. The minimum absolute atomic E-state index is 0.00777. The van der Waals surface area contributed by atoms with Gasteiger partial charge in [0.15, 0.2) is 11.6 Å². The lowest BCUT2D eigenvalue weighted by Gasteiger charge is -2.14. The molecular weight excluding hydrogens is 560 g/mol. The number of benzene rings is 2. The number of halogens is 5. The van der Waals surface area contributed by atoms with Crippen molar-refractivity contribution in [1.29, 1.82) is 0 Å². The number of aromatic nitrogens is 3. The molecule has 0 bridgehead atoms. The third-order valence-corrected chi connectivity index (χ3v) is 5.85. The number of alkyl halides is 2. The summed E-state index contributed by atoms with van der Waals surface area (Å²) in [5.74, 6) is -3.34. The van der Waals surface area contributed by atoms with Gasteiger partial charge in [0.05, 0.1) is 19.3 Å². The molecule has 4 aromatic rings. The Bertz CT molecular complexity index is 1600. The maximum atomic E-state index is 15.3. The van der Waals surface area contributed by atoms with Gasteiger partial charge in [-0.1, -0.05) is 11.6 Å². The highest BCUT2D eigenvalue weighted by atomic mass is 35.5. The first-order chi connectivity index (χ1) is 19.0. The zero-order valence-corrected chi connectivity index (χ0v) is 21.9. The Morgan fingerprint density at radius 3 is 2.30 bits per heavy atom. The molecule has 210 valence electrons. The Morgan fingerprint density at radius 1 is 1.07 bits per heavy atom. The number of hydrogen-bond acceptors (Lipinski definition) is 6. The monoisotopic (exact) mass is 580 g/mol. The van der Waals surface area contributed by atoms with Crippen molar-refractivity contribution in [3.63, 3.8) is 0 Å². The zero-order valence-electron chi connectivity index (χ0n) is 21.2. The molecule has 40 heavy (non-hydrogen) atoms. The molecule has 1 amide bonds. The predicted octanol–water partition coefficient (Wildman–Crippen LogP) is 5.43. The number of carbonyl (C=O) groups excluding carboxylic acids is 1. The topological polar surface area (TPSA) is 96.6 Å². The van der Waals surface area contributed by atoms with Crippen LogP contribution in [0.5, 0.6) is 17.2 Å². The van der Waals surface area contributed by atoms with Gasteiger partial charge in [0.2, 0.25) is 0 Å². The lowest BCUT2D eigenvalue weighted by molar-refractivity contribution is -0.0498.